The summed E-state index contributed by atoms with van der Waals surface area (Å²) in [5.41, 5.74) is 0. The first-order valence-electron chi connectivity index (χ1n) is 26.4. The van der Waals surface area contributed by atoms with Crippen molar-refractivity contribution in [3.8, 4) is 0 Å². The van der Waals surface area contributed by atoms with Gasteiger partial charge in [0.25, 0.3) is 0 Å². The number of amides is 1. The summed E-state index contributed by atoms with van der Waals surface area (Å²) in [6, 6.07) is -0.566. The lowest BCUT2D eigenvalue weighted by Gasteiger charge is -2.22. The molecule has 0 saturated heterocycles. The molecular formula is C53H103NO5. The highest BCUT2D eigenvalue weighted by atomic mass is 16.5. The average Bonchev–Trinajstić information content (AvgIpc) is 3.24. The SMILES string of the molecule is CCCCCCCCCCCCCCCCCCCCCCC(O)C(CO)NC(=O)CCCCCC/C=C\CCCCOC(=O)CCCCCCCCCCCCCC. The Kier molecular flexibility index (Phi) is 48.1. The lowest BCUT2D eigenvalue weighted by Crippen LogP contribution is -2.45. The largest absolute Gasteiger partial charge is 0.466 e. The van der Waals surface area contributed by atoms with E-state index in [1.54, 1.807) is 0 Å². The number of carbonyl (C=O) groups excluding carboxylic acids is 2. The Morgan fingerprint density at radius 2 is 0.797 bits per heavy atom. The first kappa shape index (κ1) is 57.6. The molecule has 0 fully saturated rings. The van der Waals surface area contributed by atoms with E-state index < -0.39 is 12.1 Å². The van der Waals surface area contributed by atoms with Gasteiger partial charge in [0.1, 0.15) is 0 Å². The highest BCUT2D eigenvalue weighted by Crippen LogP contribution is 2.17. The number of unbranched alkanes of at least 4 members (excludes halogenated alkanes) is 36. The Hall–Kier alpha value is -1.40. The van der Waals surface area contributed by atoms with Crippen molar-refractivity contribution in [1.29, 1.82) is 0 Å². The number of aliphatic hydroxyl groups excluding tert-OH is 2. The van der Waals surface area contributed by atoms with Crippen LogP contribution in [0.25, 0.3) is 0 Å². The number of nitrogens with one attached hydrogen (secondary N) is 1. The Labute approximate surface area is 368 Å². The van der Waals surface area contributed by atoms with E-state index in [-0.39, 0.29) is 18.5 Å². The third kappa shape index (κ3) is 45.9. The summed E-state index contributed by atoms with van der Waals surface area (Å²) >= 11 is 0. The van der Waals surface area contributed by atoms with E-state index in [1.165, 1.54) is 180 Å². The molecule has 0 aliphatic heterocycles. The van der Waals surface area contributed by atoms with Crippen molar-refractivity contribution in [2.45, 2.75) is 302 Å². The normalized spacial score (nSPS) is 12.7. The fraction of sp³-hybridized carbons (Fsp3) is 0.925. The van der Waals surface area contributed by atoms with E-state index in [1.807, 2.05) is 0 Å². The van der Waals surface area contributed by atoms with Gasteiger partial charge in [-0.2, -0.15) is 0 Å². The van der Waals surface area contributed by atoms with E-state index in [2.05, 4.69) is 31.3 Å². The van der Waals surface area contributed by atoms with Crippen LogP contribution in [0.3, 0.4) is 0 Å². The first-order chi connectivity index (χ1) is 29.0. The van der Waals surface area contributed by atoms with Gasteiger partial charge in [0.15, 0.2) is 0 Å². The van der Waals surface area contributed by atoms with E-state index in [9.17, 15) is 19.8 Å². The predicted octanol–water partition coefficient (Wildman–Crippen LogP) is 15.7. The fourth-order valence-electron chi connectivity index (χ4n) is 8.22. The summed E-state index contributed by atoms with van der Waals surface area (Å²) in [6.45, 7) is 4.88. The number of rotatable bonds is 49. The molecule has 2 atom stereocenters. The molecule has 0 rings (SSSR count). The zero-order chi connectivity index (χ0) is 43.0. The van der Waals surface area contributed by atoms with Crippen LogP contribution in [0.5, 0.6) is 0 Å². The summed E-state index contributed by atoms with van der Waals surface area (Å²) in [6.07, 6.45) is 56.2. The number of ether oxygens (including phenoxy) is 1. The van der Waals surface area contributed by atoms with E-state index in [4.69, 9.17) is 4.74 Å². The Balaban J connectivity index is 3.52. The van der Waals surface area contributed by atoms with Crippen LogP contribution in [0.1, 0.15) is 290 Å². The molecule has 0 spiro atoms. The van der Waals surface area contributed by atoms with Crippen molar-refractivity contribution in [1.82, 2.24) is 5.32 Å². The number of aliphatic hydroxyl groups is 2. The van der Waals surface area contributed by atoms with Crippen LogP contribution in [0.4, 0.5) is 0 Å². The van der Waals surface area contributed by atoms with Crippen molar-refractivity contribution >= 4 is 11.9 Å². The zero-order valence-corrected chi connectivity index (χ0v) is 39.7. The molecule has 0 radical (unpaired) electrons. The molecule has 0 heterocycles. The van der Waals surface area contributed by atoms with Gasteiger partial charge in [-0.1, -0.05) is 238 Å². The standard InChI is InChI=1S/C53H103NO5/c1-3-5-7-9-11-13-15-17-18-19-20-21-22-23-24-25-29-33-37-41-45-51(56)50(49-55)54-52(57)46-42-38-34-30-27-28-32-36-40-44-48-59-53(58)47-43-39-35-31-26-16-14-12-10-8-6-4-2/h28,32,50-51,55-56H,3-27,29-31,33-49H2,1-2H3,(H,54,57)/b32-28-. The van der Waals surface area contributed by atoms with E-state index >= 15 is 0 Å². The molecule has 0 aromatic rings. The smallest absolute Gasteiger partial charge is 0.305 e. The van der Waals surface area contributed by atoms with Gasteiger partial charge < -0.3 is 20.3 Å². The molecule has 1 amide bonds. The Bertz CT molecular complexity index is 878. The lowest BCUT2D eigenvalue weighted by molar-refractivity contribution is -0.143. The molecular weight excluding hydrogens is 731 g/mol. The highest BCUT2D eigenvalue weighted by molar-refractivity contribution is 5.76. The molecule has 6 heteroatoms. The zero-order valence-electron chi connectivity index (χ0n) is 39.7. The summed E-state index contributed by atoms with van der Waals surface area (Å²) in [5.74, 6) is -0.103. The molecule has 3 N–H and O–H groups in total. The lowest BCUT2D eigenvalue weighted by atomic mass is 10.0. The van der Waals surface area contributed by atoms with Crippen LogP contribution in [-0.2, 0) is 14.3 Å². The Morgan fingerprint density at radius 1 is 0.458 bits per heavy atom. The monoisotopic (exact) mass is 834 g/mol. The molecule has 0 saturated carbocycles. The Morgan fingerprint density at radius 3 is 1.20 bits per heavy atom. The van der Waals surface area contributed by atoms with E-state index in [0.717, 1.165) is 77.0 Å². The molecule has 0 aromatic heterocycles. The van der Waals surface area contributed by atoms with Gasteiger partial charge in [0.2, 0.25) is 5.91 Å². The second kappa shape index (κ2) is 49.3. The molecule has 59 heavy (non-hydrogen) atoms. The molecule has 350 valence electrons. The quantitative estimate of drug-likeness (QED) is 0.0322. The summed E-state index contributed by atoms with van der Waals surface area (Å²) in [5, 5.41) is 23.3. The van der Waals surface area contributed by atoms with Crippen LogP contribution in [0.15, 0.2) is 12.2 Å². The van der Waals surface area contributed by atoms with Gasteiger partial charge in [-0.25, -0.2) is 0 Å². The van der Waals surface area contributed by atoms with Crippen molar-refractivity contribution in [3.05, 3.63) is 12.2 Å². The summed E-state index contributed by atoms with van der Waals surface area (Å²) in [7, 11) is 0. The molecule has 0 bridgehead atoms. The molecule has 0 aromatic carbocycles. The van der Waals surface area contributed by atoms with Gasteiger partial charge in [-0.05, 0) is 51.4 Å². The van der Waals surface area contributed by atoms with Gasteiger partial charge in [0.05, 0.1) is 25.4 Å². The second-order valence-electron chi connectivity index (χ2n) is 18.2. The number of hydrogen-bond acceptors (Lipinski definition) is 5. The van der Waals surface area contributed by atoms with Crippen LogP contribution in [-0.4, -0.2) is 47.4 Å². The van der Waals surface area contributed by atoms with Crippen LogP contribution >= 0.6 is 0 Å². The van der Waals surface area contributed by atoms with Crippen molar-refractivity contribution < 1.29 is 24.5 Å². The molecule has 2 unspecified atom stereocenters. The number of carbonyl (C=O) groups is 2. The maximum atomic E-state index is 12.5. The number of hydrogen-bond donors (Lipinski definition) is 3. The topological polar surface area (TPSA) is 95.9 Å². The third-order valence-electron chi connectivity index (χ3n) is 12.3. The maximum absolute atomic E-state index is 12.5. The van der Waals surface area contributed by atoms with Gasteiger partial charge in [0, 0.05) is 12.8 Å². The van der Waals surface area contributed by atoms with Gasteiger partial charge >= 0.3 is 5.97 Å². The predicted molar refractivity (Wildman–Crippen MR) is 255 cm³/mol. The molecule has 0 aliphatic rings. The fourth-order valence-corrected chi connectivity index (χ4v) is 8.22. The summed E-state index contributed by atoms with van der Waals surface area (Å²) < 4.78 is 5.42. The highest BCUT2D eigenvalue weighted by Gasteiger charge is 2.20. The number of allylic oxidation sites excluding steroid dienone is 2. The molecule has 0 aliphatic carbocycles. The minimum Gasteiger partial charge on any atom is -0.466 e. The van der Waals surface area contributed by atoms with Crippen molar-refractivity contribution in [3.63, 3.8) is 0 Å². The van der Waals surface area contributed by atoms with Crippen LogP contribution < -0.4 is 5.32 Å². The van der Waals surface area contributed by atoms with Gasteiger partial charge in [-0.3, -0.25) is 9.59 Å². The maximum Gasteiger partial charge on any atom is 0.305 e. The van der Waals surface area contributed by atoms with Crippen molar-refractivity contribution in [2.75, 3.05) is 13.2 Å². The number of esters is 1. The third-order valence-corrected chi connectivity index (χ3v) is 12.3. The summed E-state index contributed by atoms with van der Waals surface area (Å²) in [4.78, 5) is 24.4. The van der Waals surface area contributed by atoms with E-state index in [0.29, 0.717) is 25.9 Å². The second-order valence-corrected chi connectivity index (χ2v) is 18.2. The van der Waals surface area contributed by atoms with Crippen LogP contribution in [0.2, 0.25) is 0 Å². The minimum absolute atomic E-state index is 0.0350. The minimum atomic E-state index is -0.685. The van der Waals surface area contributed by atoms with Crippen LogP contribution in [0, 0.1) is 0 Å². The first-order valence-corrected chi connectivity index (χ1v) is 26.4. The van der Waals surface area contributed by atoms with Gasteiger partial charge in [-0.15, -0.1) is 0 Å². The van der Waals surface area contributed by atoms with Crippen molar-refractivity contribution in [2.24, 2.45) is 0 Å². The average molecular weight is 834 g/mol. The molecule has 6 nitrogen and oxygen atoms in total.